The Morgan fingerprint density at radius 1 is 1.06 bits per heavy atom. The molecule has 1 aromatic heterocycles. The first kappa shape index (κ1) is 20.7. The average Bonchev–Trinajstić information content (AvgIpc) is 3.03. The van der Waals surface area contributed by atoms with Crippen molar-refractivity contribution in [2.45, 2.75) is 11.3 Å². The van der Waals surface area contributed by atoms with Crippen LogP contribution >= 0.6 is 0 Å². The zero-order valence-corrected chi connectivity index (χ0v) is 17.4. The first-order chi connectivity index (χ1) is 14.7. The van der Waals surface area contributed by atoms with Gasteiger partial charge in [-0.1, -0.05) is 24.3 Å². The fourth-order valence-electron chi connectivity index (χ4n) is 3.53. The lowest BCUT2D eigenvalue weighted by molar-refractivity contribution is -0.135. The summed E-state index contributed by atoms with van der Waals surface area (Å²) in [5.41, 5.74) is 4.69. The van der Waals surface area contributed by atoms with E-state index in [0.29, 0.717) is 22.5 Å². The second-order valence-electron chi connectivity index (χ2n) is 7.27. The molecule has 0 saturated carbocycles. The number of nitrogens with zero attached hydrogens (tertiary/aromatic N) is 1. The van der Waals surface area contributed by atoms with Gasteiger partial charge in [-0.2, -0.15) is 0 Å². The molecule has 0 fully saturated rings. The molecule has 1 N–H and O–H groups in total. The largest absolute Gasteiger partial charge is 0.481 e. The quantitative estimate of drug-likeness (QED) is 0.628. The van der Waals surface area contributed by atoms with Gasteiger partial charge in [-0.25, -0.2) is 17.8 Å². The smallest absolute Gasteiger partial charge is 0.307 e. The zero-order chi connectivity index (χ0) is 22.2. The van der Waals surface area contributed by atoms with Crippen LogP contribution in [0.3, 0.4) is 0 Å². The number of hydrogen-bond donors (Lipinski definition) is 1. The first-order valence-corrected chi connectivity index (χ1v) is 11.3. The van der Waals surface area contributed by atoms with Crippen molar-refractivity contribution < 1.29 is 22.7 Å². The van der Waals surface area contributed by atoms with E-state index in [1.54, 1.807) is 36.4 Å². The third kappa shape index (κ3) is 4.46. The monoisotopic (exact) mass is 435 g/mol. The Morgan fingerprint density at radius 2 is 1.81 bits per heavy atom. The summed E-state index contributed by atoms with van der Waals surface area (Å²) in [6.07, 6.45) is 4.52. The Bertz CT molecular complexity index is 1360. The molecule has 1 aliphatic carbocycles. The highest BCUT2D eigenvalue weighted by Crippen LogP contribution is 2.38. The van der Waals surface area contributed by atoms with Crippen LogP contribution < -0.4 is 0 Å². The van der Waals surface area contributed by atoms with Gasteiger partial charge in [0.25, 0.3) is 0 Å². The molecule has 0 atom stereocenters. The lowest BCUT2D eigenvalue weighted by Crippen LogP contribution is -1.96. The van der Waals surface area contributed by atoms with Gasteiger partial charge in [0, 0.05) is 11.8 Å². The van der Waals surface area contributed by atoms with E-state index < -0.39 is 21.6 Å². The number of benzene rings is 2. The maximum atomic E-state index is 13.7. The van der Waals surface area contributed by atoms with E-state index in [4.69, 9.17) is 0 Å². The van der Waals surface area contributed by atoms with Crippen molar-refractivity contribution in [3.63, 3.8) is 0 Å². The molecule has 1 heterocycles. The second kappa shape index (κ2) is 7.92. The Balaban J connectivity index is 1.72. The highest BCUT2D eigenvalue weighted by Gasteiger charge is 2.21. The Labute approximate surface area is 179 Å². The number of sulfone groups is 1. The molecule has 0 unspecified atom stereocenters. The van der Waals surface area contributed by atoms with Crippen molar-refractivity contribution >= 4 is 33.0 Å². The maximum absolute atomic E-state index is 13.7. The molecule has 0 spiro atoms. The molecular weight excluding hydrogens is 417 g/mol. The van der Waals surface area contributed by atoms with Crippen molar-refractivity contribution in [1.82, 2.24) is 4.98 Å². The summed E-state index contributed by atoms with van der Waals surface area (Å²) in [7, 11) is -3.28. The van der Waals surface area contributed by atoms with Gasteiger partial charge >= 0.3 is 5.97 Å². The molecular formula is C24H18FNO4S. The van der Waals surface area contributed by atoms with Gasteiger partial charge in [0.05, 0.1) is 22.7 Å². The predicted molar refractivity (Wildman–Crippen MR) is 117 cm³/mol. The van der Waals surface area contributed by atoms with Crippen LogP contribution in [0.4, 0.5) is 4.39 Å². The molecule has 1 aliphatic rings. The van der Waals surface area contributed by atoms with Gasteiger partial charge in [0.15, 0.2) is 9.84 Å². The van der Waals surface area contributed by atoms with Crippen LogP contribution in [0, 0.1) is 5.82 Å². The van der Waals surface area contributed by atoms with E-state index >= 15 is 0 Å². The summed E-state index contributed by atoms with van der Waals surface area (Å²) in [6, 6.07) is 16.3. The SMILES string of the molecule is CS(=O)(=O)c1ccc(-c2cccc(/C=C3\C=C(CC(=O)O)c4cc(F)ccc43)n2)cc1. The van der Waals surface area contributed by atoms with Gasteiger partial charge in [-0.3, -0.25) is 4.79 Å². The predicted octanol–water partition coefficient (Wildman–Crippen LogP) is 4.70. The lowest BCUT2D eigenvalue weighted by atomic mass is 10.0. The van der Waals surface area contributed by atoms with E-state index in [1.807, 2.05) is 24.3 Å². The number of halogens is 1. The molecule has 0 bridgehead atoms. The summed E-state index contributed by atoms with van der Waals surface area (Å²) < 4.78 is 37.0. The number of rotatable bonds is 5. The fourth-order valence-corrected chi connectivity index (χ4v) is 4.16. The number of carboxylic acid groups (broad SMARTS) is 1. The minimum atomic E-state index is -3.28. The van der Waals surface area contributed by atoms with E-state index in [1.165, 1.54) is 12.1 Å². The third-order valence-corrected chi connectivity index (χ3v) is 6.09. The van der Waals surface area contributed by atoms with Crippen molar-refractivity contribution in [1.29, 1.82) is 0 Å². The molecule has 0 amide bonds. The van der Waals surface area contributed by atoms with Crippen LogP contribution in [-0.4, -0.2) is 30.7 Å². The number of carboxylic acids is 1. The van der Waals surface area contributed by atoms with Crippen molar-refractivity contribution in [2.24, 2.45) is 0 Å². The number of hydrogen-bond acceptors (Lipinski definition) is 4. The van der Waals surface area contributed by atoms with E-state index in [0.717, 1.165) is 23.0 Å². The summed E-state index contributed by atoms with van der Waals surface area (Å²) in [5.74, 6) is -1.41. The number of pyridine rings is 1. The summed E-state index contributed by atoms with van der Waals surface area (Å²) in [5, 5.41) is 9.17. The van der Waals surface area contributed by atoms with E-state index in [-0.39, 0.29) is 11.3 Å². The van der Waals surface area contributed by atoms with Crippen LogP contribution in [0.1, 0.15) is 23.2 Å². The van der Waals surface area contributed by atoms with Gasteiger partial charge in [-0.05, 0) is 70.8 Å². The van der Waals surface area contributed by atoms with Gasteiger partial charge in [0.2, 0.25) is 0 Å². The fraction of sp³-hybridized carbons (Fsp3) is 0.0833. The summed E-state index contributed by atoms with van der Waals surface area (Å²) in [4.78, 5) is 16.1. The number of allylic oxidation sites excluding steroid dienone is 2. The second-order valence-corrected chi connectivity index (χ2v) is 9.29. The van der Waals surface area contributed by atoms with E-state index in [9.17, 15) is 22.7 Å². The molecule has 4 rings (SSSR count). The molecule has 5 nitrogen and oxygen atoms in total. The highest BCUT2D eigenvalue weighted by molar-refractivity contribution is 7.90. The van der Waals surface area contributed by atoms with Gasteiger partial charge in [0.1, 0.15) is 5.82 Å². The minimum absolute atomic E-state index is 0.200. The Kier molecular flexibility index (Phi) is 5.29. The molecule has 7 heteroatoms. The molecule has 0 radical (unpaired) electrons. The standard InChI is InChI=1S/C24H18FNO4S/c1-31(29,30)20-8-5-15(6-9-20)23-4-2-3-19(26-23)12-16-11-17(13-24(27)28)22-14-18(25)7-10-21(16)22/h2-12,14H,13H2,1H3,(H,27,28)/b16-12+. The van der Waals surface area contributed by atoms with Gasteiger partial charge in [-0.15, -0.1) is 0 Å². The minimum Gasteiger partial charge on any atom is -0.481 e. The van der Waals surface area contributed by atoms with Crippen molar-refractivity contribution in [2.75, 3.05) is 6.26 Å². The van der Waals surface area contributed by atoms with Crippen molar-refractivity contribution in [3.8, 4) is 11.3 Å². The highest BCUT2D eigenvalue weighted by atomic mass is 32.2. The van der Waals surface area contributed by atoms with Gasteiger partial charge < -0.3 is 5.11 Å². The third-order valence-electron chi connectivity index (χ3n) is 4.96. The average molecular weight is 435 g/mol. The van der Waals surface area contributed by atoms with Crippen LogP contribution in [0.25, 0.3) is 28.5 Å². The number of fused-ring (bicyclic) bond motifs is 1. The van der Waals surface area contributed by atoms with E-state index in [2.05, 4.69) is 4.98 Å². The Morgan fingerprint density at radius 3 is 2.48 bits per heavy atom. The maximum Gasteiger partial charge on any atom is 0.307 e. The molecule has 3 aromatic rings. The zero-order valence-electron chi connectivity index (χ0n) is 16.5. The number of aromatic nitrogens is 1. The normalized spacial score (nSPS) is 14.4. The lowest BCUT2D eigenvalue weighted by Gasteiger charge is -2.06. The van der Waals surface area contributed by atoms with Crippen LogP contribution in [-0.2, 0) is 14.6 Å². The van der Waals surface area contributed by atoms with Crippen LogP contribution in [0.2, 0.25) is 0 Å². The van der Waals surface area contributed by atoms with Crippen LogP contribution in [0.15, 0.2) is 71.6 Å². The molecule has 2 aromatic carbocycles. The number of carbonyl (C=O) groups is 1. The summed E-state index contributed by atoms with van der Waals surface area (Å²) in [6.45, 7) is 0. The molecule has 0 aliphatic heterocycles. The van der Waals surface area contributed by atoms with Crippen LogP contribution in [0.5, 0.6) is 0 Å². The Hall–Kier alpha value is -3.58. The molecule has 0 saturated heterocycles. The molecule has 31 heavy (non-hydrogen) atoms. The summed E-state index contributed by atoms with van der Waals surface area (Å²) >= 11 is 0. The number of aliphatic carboxylic acids is 1. The molecule has 156 valence electrons. The first-order valence-electron chi connectivity index (χ1n) is 9.42. The topological polar surface area (TPSA) is 84.3 Å². The van der Waals surface area contributed by atoms with Crippen molar-refractivity contribution in [3.05, 3.63) is 89.4 Å².